The normalized spacial score (nSPS) is 21.1. The molecule has 108 valence electrons. The van der Waals surface area contributed by atoms with E-state index in [4.69, 9.17) is 0 Å². The second kappa shape index (κ2) is 5.70. The monoisotopic (exact) mass is 289 g/mol. The SMILES string of the molecule is Cc1cc(C(C)n2cncc2C2CCCCN2)c(C)s1. The maximum absolute atomic E-state index is 4.41. The second-order valence-corrected chi connectivity index (χ2v) is 7.23. The first kappa shape index (κ1) is 13.8. The number of piperidine rings is 1. The van der Waals surface area contributed by atoms with Gasteiger partial charge in [0.15, 0.2) is 0 Å². The number of hydrogen-bond acceptors (Lipinski definition) is 3. The molecular formula is C16H23N3S. The van der Waals surface area contributed by atoms with E-state index in [2.05, 4.69) is 41.7 Å². The highest BCUT2D eigenvalue weighted by Crippen LogP contribution is 2.32. The predicted octanol–water partition coefficient (Wildman–Crippen LogP) is 3.99. The van der Waals surface area contributed by atoms with Gasteiger partial charge in [0, 0.05) is 22.0 Å². The van der Waals surface area contributed by atoms with Crippen LogP contribution >= 0.6 is 11.3 Å². The van der Waals surface area contributed by atoms with Crippen LogP contribution in [0.1, 0.15) is 59.3 Å². The van der Waals surface area contributed by atoms with Crippen LogP contribution in [-0.4, -0.2) is 16.1 Å². The third kappa shape index (κ3) is 2.54. The van der Waals surface area contributed by atoms with Crippen LogP contribution in [0.4, 0.5) is 0 Å². The zero-order valence-corrected chi connectivity index (χ0v) is 13.3. The minimum atomic E-state index is 0.362. The van der Waals surface area contributed by atoms with Crippen molar-refractivity contribution in [3.8, 4) is 0 Å². The van der Waals surface area contributed by atoms with E-state index in [0.29, 0.717) is 12.1 Å². The van der Waals surface area contributed by atoms with E-state index in [1.165, 1.54) is 40.3 Å². The summed E-state index contributed by atoms with van der Waals surface area (Å²) in [7, 11) is 0. The summed E-state index contributed by atoms with van der Waals surface area (Å²) in [5, 5.41) is 3.63. The van der Waals surface area contributed by atoms with Gasteiger partial charge in [-0.3, -0.25) is 0 Å². The lowest BCUT2D eigenvalue weighted by Crippen LogP contribution is -2.29. The molecule has 2 unspecified atom stereocenters. The Morgan fingerprint density at radius 2 is 2.25 bits per heavy atom. The fourth-order valence-corrected chi connectivity index (χ4v) is 4.24. The second-order valence-electron chi connectivity index (χ2n) is 5.77. The number of hydrogen-bond donors (Lipinski definition) is 1. The third-order valence-electron chi connectivity index (χ3n) is 4.31. The van der Waals surface area contributed by atoms with Crippen molar-refractivity contribution in [2.45, 2.75) is 52.1 Å². The van der Waals surface area contributed by atoms with Gasteiger partial charge in [0.1, 0.15) is 0 Å². The number of rotatable bonds is 3. The Bertz CT molecular complexity index is 578. The summed E-state index contributed by atoms with van der Waals surface area (Å²) in [4.78, 5) is 7.22. The number of nitrogens with one attached hydrogen (secondary N) is 1. The molecule has 0 amide bonds. The van der Waals surface area contributed by atoms with Crippen molar-refractivity contribution in [2.24, 2.45) is 0 Å². The molecular weight excluding hydrogens is 266 g/mol. The first-order valence-electron chi connectivity index (χ1n) is 7.49. The molecule has 1 aliphatic heterocycles. The van der Waals surface area contributed by atoms with Crippen LogP contribution in [-0.2, 0) is 0 Å². The average Bonchev–Trinajstić information content (AvgIpc) is 3.05. The van der Waals surface area contributed by atoms with Gasteiger partial charge in [-0.25, -0.2) is 4.98 Å². The van der Waals surface area contributed by atoms with E-state index in [0.717, 1.165) is 6.54 Å². The Kier molecular flexibility index (Phi) is 3.94. The molecule has 20 heavy (non-hydrogen) atoms. The highest BCUT2D eigenvalue weighted by molar-refractivity contribution is 7.12. The van der Waals surface area contributed by atoms with Crippen LogP contribution in [0.5, 0.6) is 0 Å². The first-order valence-corrected chi connectivity index (χ1v) is 8.30. The number of thiophene rings is 1. The number of aryl methyl sites for hydroxylation is 2. The van der Waals surface area contributed by atoms with Crippen LogP contribution in [0.25, 0.3) is 0 Å². The lowest BCUT2D eigenvalue weighted by Gasteiger charge is -2.26. The van der Waals surface area contributed by atoms with Gasteiger partial charge >= 0.3 is 0 Å². The molecule has 0 aromatic carbocycles. The van der Waals surface area contributed by atoms with Gasteiger partial charge in [-0.1, -0.05) is 6.42 Å². The molecule has 0 bridgehead atoms. The first-order chi connectivity index (χ1) is 9.66. The summed E-state index contributed by atoms with van der Waals surface area (Å²) in [6, 6.07) is 3.15. The van der Waals surface area contributed by atoms with Crippen LogP contribution < -0.4 is 5.32 Å². The molecule has 0 saturated carbocycles. The minimum absolute atomic E-state index is 0.362. The van der Waals surface area contributed by atoms with Gasteiger partial charge in [-0.2, -0.15) is 0 Å². The largest absolute Gasteiger partial charge is 0.326 e. The summed E-state index contributed by atoms with van der Waals surface area (Å²) < 4.78 is 2.34. The van der Waals surface area contributed by atoms with Crippen LogP contribution in [0, 0.1) is 13.8 Å². The Hall–Kier alpha value is -1.13. The Morgan fingerprint density at radius 3 is 2.90 bits per heavy atom. The molecule has 2 aromatic rings. The zero-order valence-electron chi connectivity index (χ0n) is 12.5. The molecule has 3 rings (SSSR count). The third-order valence-corrected chi connectivity index (χ3v) is 5.29. The van der Waals surface area contributed by atoms with E-state index >= 15 is 0 Å². The fourth-order valence-electron chi connectivity index (χ4n) is 3.23. The lowest BCUT2D eigenvalue weighted by molar-refractivity contribution is 0.389. The van der Waals surface area contributed by atoms with Gasteiger partial charge < -0.3 is 9.88 Å². The van der Waals surface area contributed by atoms with Gasteiger partial charge in [0.2, 0.25) is 0 Å². The Balaban J connectivity index is 1.90. The summed E-state index contributed by atoms with van der Waals surface area (Å²) in [5.41, 5.74) is 2.77. The highest BCUT2D eigenvalue weighted by Gasteiger charge is 2.22. The molecule has 2 aromatic heterocycles. The Labute approximate surface area is 125 Å². The van der Waals surface area contributed by atoms with Gasteiger partial charge in [-0.05, 0) is 51.8 Å². The quantitative estimate of drug-likeness (QED) is 0.926. The molecule has 0 aliphatic carbocycles. The maximum Gasteiger partial charge on any atom is 0.0954 e. The topological polar surface area (TPSA) is 29.9 Å². The van der Waals surface area contributed by atoms with Crippen molar-refractivity contribution in [2.75, 3.05) is 6.54 Å². The summed E-state index contributed by atoms with van der Waals surface area (Å²) in [5.74, 6) is 0. The molecule has 3 heterocycles. The Morgan fingerprint density at radius 1 is 1.40 bits per heavy atom. The number of aromatic nitrogens is 2. The molecule has 2 atom stereocenters. The standard InChI is InChI=1S/C16H23N3S/c1-11-8-14(13(3)20-11)12(2)19-10-17-9-16(19)15-6-4-5-7-18-15/h8-10,12,15,18H,4-7H2,1-3H3. The molecule has 1 fully saturated rings. The summed E-state index contributed by atoms with van der Waals surface area (Å²) in [6.07, 6.45) is 7.85. The minimum Gasteiger partial charge on any atom is -0.326 e. The van der Waals surface area contributed by atoms with Crippen LogP contribution in [0.3, 0.4) is 0 Å². The fraction of sp³-hybridized carbons (Fsp3) is 0.562. The molecule has 3 nitrogen and oxygen atoms in total. The van der Waals surface area contributed by atoms with Crippen molar-refractivity contribution in [1.82, 2.24) is 14.9 Å². The summed E-state index contributed by atoms with van der Waals surface area (Å²) >= 11 is 1.89. The zero-order chi connectivity index (χ0) is 14.1. The van der Waals surface area contributed by atoms with Gasteiger partial charge in [-0.15, -0.1) is 11.3 Å². The molecule has 0 radical (unpaired) electrons. The highest BCUT2D eigenvalue weighted by atomic mass is 32.1. The van der Waals surface area contributed by atoms with E-state index < -0.39 is 0 Å². The van der Waals surface area contributed by atoms with Crippen molar-refractivity contribution in [3.05, 3.63) is 39.6 Å². The summed E-state index contributed by atoms with van der Waals surface area (Å²) in [6.45, 7) is 7.81. The van der Waals surface area contributed by atoms with Crippen LogP contribution in [0.15, 0.2) is 18.6 Å². The maximum atomic E-state index is 4.41. The lowest BCUT2D eigenvalue weighted by atomic mass is 10.0. The van der Waals surface area contributed by atoms with E-state index in [9.17, 15) is 0 Å². The number of nitrogens with zero attached hydrogens (tertiary/aromatic N) is 2. The van der Waals surface area contributed by atoms with E-state index in [1.54, 1.807) is 0 Å². The molecule has 1 N–H and O–H groups in total. The molecule has 4 heteroatoms. The molecule has 1 saturated heterocycles. The molecule has 0 spiro atoms. The van der Waals surface area contributed by atoms with Gasteiger partial charge in [0.25, 0.3) is 0 Å². The van der Waals surface area contributed by atoms with E-state index in [-0.39, 0.29) is 0 Å². The predicted molar refractivity (Wildman–Crippen MR) is 84.4 cm³/mol. The molecule has 1 aliphatic rings. The van der Waals surface area contributed by atoms with Crippen molar-refractivity contribution >= 4 is 11.3 Å². The smallest absolute Gasteiger partial charge is 0.0954 e. The van der Waals surface area contributed by atoms with Crippen molar-refractivity contribution < 1.29 is 0 Å². The van der Waals surface area contributed by atoms with Crippen molar-refractivity contribution in [1.29, 1.82) is 0 Å². The van der Waals surface area contributed by atoms with E-state index in [1.807, 2.05) is 23.9 Å². The average molecular weight is 289 g/mol. The van der Waals surface area contributed by atoms with Gasteiger partial charge in [0.05, 0.1) is 18.1 Å². The number of imidazole rings is 1. The van der Waals surface area contributed by atoms with Crippen molar-refractivity contribution in [3.63, 3.8) is 0 Å². The van der Waals surface area contributed by atoms with Crippen LogP contribution in [0.2, 0.25) is 0 Å².